The van der Waals surface area contributed by atoms with E-state index < -0.39 is 0 Å². The number of carbonyl (C=O) groups excluding carboxylic acids is 1. The van der Waals surface area contributed by atoms with Gasteiger partial charge in [-0.15, -0.1) is 0 Å². The van der Waals surface area contributed by atoms with Crippen LogP contribution < -0.4 is 0 Å². The molecule has 1 aliphatic carbocycles. The van der Waals surface area contributed by atoms with Gasteiger partial charge in [-0.3, -0.25) is 4.79 Å². The number of rotatable bonds is 8. The van der Waals surface area contributed by atoms with E-state index in [1.807, 2.05) is 18.2 Å². The normalized spacial score (nSPS) is 15.9. The van der Waals surface area contributed by atoms with Gasteiger partial charge in [-0.1, -0.05) is 57.7 Å². The summed E-state index contributed by atoms with van der Waals surface area (Å²) in [5, 5.41) is 9.41. The molecule has 0 amide bonds. The number of aromatic hydroxyl groups is 1. The van der Waals surface area contributed by atoms with Crippen LogP contribution in [0.25, 0.3) is 0 Å². The Kier molecular flexibility index (Phi) is 10.2. The molecule has 0 aliphatic heterocycles. The highest BCUT2D eigenvalue weighted by Gasteiger charge is 2.32. The van der Waals surface area contributed by atoms with Crippen molar-refractivity contribution in [1.29, 1.82) is 0 Å². The largest absolute Gasteiger partial charge is 0.508 e. The summed E-state index contributed by atoms with van der Waals surface area (Å²) in [7, 11) is 0. The summed E-state index contributed by atoms with van der Waals surface area (Å²) in [5.41, 5.74) is 0.986. The van der Waals surface area contributed by atoms with Gasteiger partial charge >= 0.3 is 0 Å². The first-order chi connectivity index (χ1) is 11.7. The van der Waals surface area contributed by atoms with Crippen molar-refractivity contribution in [2.24, 2.45) is 0 Å². The number of ether oxygens (including phenoxy) is 1. The van der Waals surface area contributed by atoms with Gasteiger partial charge in [0, 0.05) is 0 Å². The Morgan fingerprint density at radius 2 is 1.79 bits per heavy atom. The number of aryl methyl sites for hydroxylation is 1. The monoisotopic (exact) mass is 334 g/mol. The van der Waals surface area contributed by atoms with Crippen LogP contribution in [0.15, 0.2) is 24.3 Å². The summed E-state index contributed by atoms with van der Waals surface area (Å²) < 4.78 is 5.23. The van der Waals surface area contributed by atoms with E-state index in [-0.39, 0.29) is 5.60 Å². The molecule has 136 valence electrons. The second-order valence-corrected chi connectivity index (χ2v) is 6.79. The predicted molar refractivity (Wildman–Crippen MR) is 99.2 cm³/mol. The molecule has 0 spiro atoms. The molecule has 0 bridgehead atoms. The number of unbranched alkanes of at least 4 members (excludes halogenated alkanes) is 2. The number of phenolic OH excluding ortho intramolecular Hbond substituents is 1. The predicted octanol–water partition coefficient (Wildman–Crippen LogP) is 5.79. The Hall–Kier alpha value is -1.51. The Morgan fingerprint density at radius 3 is 2.38 bits per heavy atom. The lowest BCUT2D eigenvalue weighted by atomic mass is 9.81. The summed E-state index contributed by atoms with van der Waals surface area (Å²) in [5.74, 6) is 0.439. The first-order valence-electron chi connectivity index (χ1n) is 9.55. The van der Waals surface area contributed by atoms with Crippen molar-refractivity contribution >= 4 is 6.47 Å². The topological polar surface area (TPSA) is 46.5 Å². The SMILES string of the molecule is CCCC1(OC=O)CCCCC1.CCCCCc1ccccc1O. The van der Waals surface area contributed by atoms with Crippen molar-refractivity contribution in [2.75, 3.05) is 0 Å². The highest BCUT2D eigenvalue weighted by molar-refractivity contribution is 5.38. The molecule has 0 saturated heterocycles. The van der Waals surface area contributed by atoms with Crippen molar-refractivity contribution < 1.29 is 14.6 Å². The zero-order chi connectivity index (χ0) is 17.7. The number of hydrogen-bond donors (Lipinski definition) is 1. The summed E-state index contributed by atoms with van der Waals surface area (Å²) in [6.45, 7) is 4.95. The third-order valence-corrected chi connectivity index (χ3v) is 4.81. The van der Waals surface area contributed by atoms with Gasteiger partial charge in [0.25, 0.3) is 6.47 Å². The fourth-order valence-corrected chi connectivity index (χ4v) is 3.47. The maximum Gasteiger partial charge on any atom is 0.293 e. The van der Waals surface area contributed by atoms with Crippen LogP contribution in [0.3, 0.4) is 0 Å². The van der Waals surface area contributed by atoms with E-state index in [0.717, 1.165) is 37.7 Å². The van der Waals surface area contributed by atoms with E-state index in [9.17, 15) is 9.90 Å². The van der Waals surface area contributed by atoms with E-state index in [2.05, 4.69) is 13.8 Å². The fraction of sp³-hybridized carbons (Fsp3) is 0.667. The maximum absolute atomic E-state index is 10.3. The van der Waals surface area contributed by atoms with Gasteiger partial charge in [-0.25, -0.2) is 0 Å². The molecule has 0 radical (unpaired) electrons. The van der Waals surface area contributed by atoms with Crippen LogP contribution in [0.2, 0.25) is 0 Å². The minimum absolute atomic E-state index is 0.0885. The van der Waals surface area contributed by atoms with Crippen molar-refractivity contribution in [3.8, 4) is 5.75 Å². The highest BCUT2D eigenvalue weighted by atomic mass is 16.5. The van der Waals surface area contributed by atoms with E-state index in [1.54, 1.807) is 6.07 Å². The molecule has 1 fully saturated rings. The van der Waals surface area contributed by atoms with Crippen LogP contribution >= 0.6 is 0 Å². The highest BCUT2D eigenvalue weighted by Crippen LogP contribution is 2.34. The molecule has 1 aromatic carbocycles. The molecule has 24 heavy (non-hydrogen) atoms. The third kappa shape index (κ3) is 7.37. The molecule has 0 aromatic heterocycles. The zero-order valence-electron chi connectivity index (χ0n) is 15.4. The minimum Gasteiger partial charge on any atom is -0.508 e. The van der Waals surface area contributed by atoms with Crippen molar-refractivity contribution in [2.45, 2.75) is 90.1 Å². The van der Waals surface area contributed by atoms with E-state index in [4.69, 9.17) is 4.74 Å². The van der Waals surface area contributed by atoms with Crippen molar-refractivity contribution in [1.82, 2.24) is 0 Å². The molecule has 1 saturated carbocycles. The number of para-hydroxylation sites is 1. The molecule has 1 N–H and O–H groups in total. The summed E-state index contributed by atoms with van der Waals surface area (Å²) in [6, 6.07) is 7.58. The number of phenols is 1. The molecule has 0 unspecified atom stereocenters. The average molecular weight is 334 g/mol. The smallest absolute Gasteiger partial charge is 0.293 e. The van der Waals surface area contributed by atoms with Crippen molar-refractivity contribution in [3.63, 3.8) is 0 Å². The molecular weight excluding hydrogens is 300 g/mol. The first kappa shape index (κ1) is 20.5. The standard InChI is InChI=1S/C11H16O.C10H18O2/c1-2-3-4-7-10-8-5-6-9-11(10)12;1-2-6-10(12-9-11)7-4-3-5-8-10/h5-6,8-9,12H,2-4,7H2,1H3;9H,2-8H2,1H3. The van der Waals surface area contributed by atoms with Crippen LogP contribution in [0, 0.1) is 0 Å². The summed E-state index contributed by atoms with van der Waals surface area (Å²) >= 11 is 0. The van der Waals surface area contributed by atoms with Crippen LogP contribution in [-0.4, -0.2) is 17.2 Å². The van der Waals surface area contributed by atoms with Crippen LogP contribution in [-0.2, 0) is 16.0 Å². The molecule has 3 nitrogen and oxygen atoms in total. The van der Waals surface area contributed by atoms with E-state index in [1.165, 1.54) is 38.5 Å². The Labute approximate surface area is 147 Å². The lowest BCUT2D eigenvalue weighted by molar-refractivity contribution is -0.148. The summed E-state index contributed by atoms with van der Waals surface area (Å²) in [4.78, 5) is 10.3. The summed E-state index contributed by atoms with van der Waals surface area (Å²) in [6.07, 6.45) is 12.7. The lowest BCUT2D eigenvalue weighted by Crippen LogP contribution is -2.34. The van der Waals surface area contributed by atoms with Gasteiger partial charge < -0.3 is 9.84 Å². The van der Waals surface area contributed by atoms with Gasteiger partial charge in [0.15, 0.2) is 0 Å². The second-order valence-electron chi connectivity index (χ2n) is 6.79. The second kappa shape index (κ2) is 11.9. The van der Waals surface area contributed by atoms with Gasteiger partial charge in [0.05, 0.1) is 0 Å². The van der Waals surface area contributed by atoms with Crippen LogP contribution in [0.5, 0.6) is 5.75 Å². The molecular formula is C21H34O3. The van der Waals surface area contributed by atoms with E-state index in [0.29, 0.717) is 12.2 Å². The van der Waals surface area contributed by atoms with Crippen LogP contribution in [0.1, 0.15) is 83.6 Å². The number of hydrogen-bond acceptors (Lipinski definition) is 3. The van der Waals surface area contributed by atoms with Gasteiger partial charge in [-0.2, -0.15) is 0 Å². The van der Waals surface area contributed by atoms with Gasteiger partial charge in [0.1, 0.15) is 11.4 Å². The Morgan fingerprint density at radius 1 is 1.08 bits per heavy atom. The lowest BCUT2D eigenvalue weighted by Gasteiger charge is -2.35. The molecule has 2 rings (SSSR count). The first-order valence-corrected chi connectivity index (χ1v) is 9.55. The van der Waals surface area contributed by atoms with Gasteiger partial charge in [-0.05, 0) is 56.6 Å². The molecule has 0 atom stereocenters. The minimum atomic E-state index is -0.0885. The fourth-order valence-electron chi connectivity index (χ4n) is 3.47. The zero-order valence-corrected chi connectivity index (χ0v) is 15.4. The average Bonchev–Trinajstić information content (AvgIpc) is 2.59. The number of benzene rings is 1. The van der Waals surface area contributed by atoms with Gasteiger partial charge in [0.2, 0.25) is 0 Å². The number of carbonyl (C=O) groups is 1. The maximum atomic E-state index is 10.3. The third-order valence-electron chi connectivity index (χ3n) is 4.81. The quantitative estimate of drug-likeness (QED) is 0.483. The van der Waals surface area contributed by atoms with E-state index >= 15 is 0 Å². The molecule has 1 aromatic rings. The molecule has 1 aliphatic rings. The molecule has 3 heteroatoms. The Bertz CT molecular complexity index is 445. The van der Waals surface area contributed by atoms with Crippen molar-refractivity contribution in [3.05, 3.63) is 29.8 Å². The van der Waals surface area contributed by atoms with Crippen LogP contribution in [0.4, 0.5) is 0 Å². The molecule has 0 heterocycles. The Balaban J connectivity index is 0.000000240.